The predicted molar refractivity (Wildman–Crippen MR) is 109 cm³/mol. The number of likely N-dealkylation sites (tertiary alicyclic amines) is 1. The molecule has 0 bridgehead atoms. The number of hydrogen-bond acceptors (Lipinski definition) is 5. The lowest BCUT2D eigenvalue weighted by Crippen LogP contribution is -2.49. The van der Waals surface area contributed by atoms with E-state index >= 15 is 0 Å². The maximum atomic E-state index is 12.8. The van der Waals surface area contributed by atoms with Crippen LogP contribution in [0, 0.1) is 11.8 Å². The number of rotatable bonds is 4. The molecular formula is C18H25BrN4O4S. The highest BCUT2D eigenvalue weighted by molar-refractivity contribution is 9.10. The van der Waals surface area contributed by atoms with Gasteiger partial charge in [-0.05, 0) is 53.7 Å². The third-order valence-electron chi connectivity index (χ3n) is 5.36. The fraction of sp³-hybridized carbons (Fsp3) is 0.611. The molecule has 2 aliphatic rings. The lowest BCUT2D eigenvalue weighted by molar-refractivity contribution is -0.139. The second-order valence-corrected chi connectivity index (χ2v) is 10.3. The number of pyridine rings is 1. The van der Waals surface area contributed by atoms with Crippen LogP contribution in [0.25, 0.3) is 0 Å². The van der Waals surface area contributed by atoms with Gasteiger partial charge in [0.15, 0.2) is 0 Å². The second-order valence-electron chi connectivity index (χ2n) is 7.41. The Balaban J connectivity index is 1.51. The fourth-order valence-corrected chi connectivity index (χ4v) is 4.89. The quantitative estimate of drug-likeness (QED) is 0.718. The van der Waals surface area contributed by atoms with Gasteiger partial charge in [-0.15, -0.1) is 0 Å². The number of carbonyl (C=O) groups is 2. The molecule has 8 nitrogen and oxygen atoms in total. The van der Waals surface area contributed by atoms with Crippen molar-refractivity contribution in [3.8, 4) is 0 Å². The molecule has 0 aromatic carbocycles. The molecule has 154 valence electrons. The topological polar surface area (TPSA) is 99.7 Å². The van der Waals surface area contributed by atoms with Crippen molar-refractivity contribution in [2.45, 2.75) is 25.7 Å². The number of hydrogen-bond donors (Lipinski definition) is 1. The minimum absolute atomic E-state index is 0.00165. The number of aromatic nitrogens is 1. The van der Waals surface area contributed by atoms with Gasteiger partial charge in [0.2, 0.25) is 21.8 Å². The molecule has 2 amide bonds. The van der Waals surface area contributed by atoms with Crippen LogP contribution in [-0.2, 0) is 19.6 Å². The van der Waals surface area contributed by atoms with E-state index in [0.29, 0.717) is 51.1 Å². The van der Waals surface area contributed by atoms with E-state index in [1.54, 1.807) is 17.2 Å². The summed E-state index contributed by atoms with van der Waals surface area (Å²) in [5.41, 5.74) is 0. The number of anilines is 1. The molecule has 2 saturated heterocycles. The van der Waals surface area contributed by atoms with E-state index in [9.17, 15) is 18.0 Å². The number of halogens is 1. The summed E-state index contributed by atoms with van der Waals surface area (Å²) < 4.78 is 25.8. The zero-order valence-corrected chi connectivity index (χ0v) is 18.2. The molecule has 3 heterocycles. The van der Waals surface area contributed by atoms with Crippen molar-refractivity contribution in [2.75, 3.05) is 37.8 Å². The molecule has 1 atom stereocenters. The van der Waals surface area contributed by atoms with Gasteiger partial charge in [-0.2, -0.15) is 0 Å². The third-order valence-corrected chi connectivity index (χ3v) is 7.10. The number of sulfonamides is 1. The molecule has 1 unspecified atom stereocenters. The van der Waals surface area contributed by atoms with Gasteiger partial charge in [0.25, 0.3) is 0 Å². The van der Waals surface area contributed by atoms with E-state index in [-0.39, 0.29) is 30.2 Å². The van der Waals surface area contributed by atoms with Crippen LogP contribution in [-0.4, -0.2) is 66.9 Å². The van der Waals surface area contributed by atoms with Gasteiger partial charge in [0.05, 0.1) is 12.2 Å². The Morgan fingerprint density at radius 1 is 1.14 bits per heavy atom. The van der Waals surface area contributed by atoms with Gasteiger partial charge in [-0.3, -0.25) is 9.59 Å². The SMILES string of the molecule is CS(=O)(=O)N1CCCC(C(=O)N2CCC(C(=O)Nc3ccc(Br)cn3)CC2)C1. The maximum Gasteiger partial charge on any atom is 0.228 e. The van der Waals surface area contributed by atoms with E-state index in [1.807, 2.05) is 6.07 Å². The molecule has 10 heteroatoms. The molecule has 1 aromatic heterocycles. The summed E-state index contributed by atoms with van der Waals surface area (Å²) in [4.78, 5) is 31.2. The average molecular weight is 473 g/mol. The lowest BCUT2D eigenvalue weighted by Gasteiger charge is -2.36. The van der Waals surface area contributed by atoms with Crippen LogP contribution in [0.3, 0.4) is 0 Å². The summed E-state index contributed by atoms with van der Waals surface area (Å²) >= 11 is 3.31. The highest BCUT2D eigenvalue weighted by Gasteiger charge is 2.35. The van der Waals surface area contributed by atoms with Gasteiger partial charge < -0.3 is 10.2 Å². The van der Waals surface area contributed by atoms with Gasteiger partial charge in [0, 0.05) is 42.8 Å². The number of carbonyl (C=O) groups excluding carboxylic acids is 2. The van der Waals surface area contributed by atoms with Crippen LogP contribution in [0.2, 0.25) is 0 Å². The standard InChI is InChI=1S/C18H25BrN4O4S/c1-28(26,27)23-8-2-3-14(12-23)18(25)22-9-6-13(7-10-22)17(24)21-16-5-4-15(19)11-20-16/h4-5,11,13-14H,2-3,6-10,12H2,1H3,(H,20,21,24). The Kier molecular flexibility index (Phi) is 6.72. The van der Waals surface area contributed by atoms with Crippen molar-refractivity contribution in [1.29, 1.82) is 0 Å². The summed E-state index contributed by atoms with van der Waals surface area (Å²) in [5.74, 6) is -0.0198. The van der Waals surface area contributed by atoms with Gasteiger partial charge in [-0.25, -0.2) is 17.7 Å². The first-order chi connectivity index (χ1) is 13.2. The van der Waals surface area contributed by atoms with E-state index in [1.165, 1.54) is 10.6 Å². The fourth-order valence-electron chi connectivity index (χ4n) is 3.74. The highest BCUT2D eigenvalue weighted by Crippen LogP contribution is 2.25. The highest BCUT2D eigenvalue weighted by atomic mass is 79.9. The maximum absolute atomic E-state index is 12.8. The van der Waals surface area contributed by atoms with E-state index in [4.69, 9.17) is 0 Å². The Labute approximate surface area is 173 Å². The number of nitrogens with one attached hydrogen (secondary N) is 1. The molecule has 2 aliphatic heterocycles. The predicted octanol–water partition coefficient (Wildman–Crippen LogP) is 1.69. The van der Waals surface area contributed by atoms with Crippen molar-refractivity contribution in [3.05, 3.63) is 22.8 Å². The molecule has 0 aliphatic carbocycles. The molecular weight excluding hydrogens is 448 g/mol. The van der Waals surface area contributed by atoms with Gasteiger partial charge >= 0.3 is 0 Å². The first-order valence-corrected chi connectivity index (χ1v) is 12.0. The van der Waals surface area contributed by atoms with Crippen molar-refractivity contribution in [1.82, 2.24) is 14.2 Å². The zero-order valence-electron chi connectivity index (χ0n) is 15.8. The van der Waals surface area contributed by atoms with Crippen molar-refractivity contribution >= 4 is 43.6 Å². The molecule has 0 radical (unpaired) electrons. The molecule has 3 rings (SSSR count). The van der Waals surface area contributed by atoms with Crippen LogP contribution >= 0.6 is 15.9 Å². The van der Waals surface area contributed by atoms with Gasteiger partial charge in [-0.1, -0.05) is 0 Å². The smallest absolute Gasteiger partial charge is 0.228 e. The van der Waals surface area contributed by atoms with Crippen molar-refractivity contribution < 1.29 is 18.0 Å². The van der Waals surface area contributed by atoms with Crippen LogP contribution in [0.1, 0.15) is 25.7 Å². The van der Waals surface area contributed by atoms with Crippen LogP contribution in [0.15, 0.2) is 22.8 Å². The Morgan fingerprint density at radius 3 is 2.46 bits per heavy atom. The summed E-state index contributed by atoms with van der Waals surface area (Å²) in [6.45, 7) is 1.77. The normalized spacial score (nSPS) is 22.1. The summed E-state index contributed by atoms with van der Waals surface area (Å²) in [6, 6.07) is 3.55. The van der Waals surface area contributed by atoms with Crippen LogP contribution in [0.5, 0.6) is 0 Å². The second kappa shape index (κ2) is 8.87. The Morgan fingerprint density at radius 2 is 1.86 bits per heavy atom. The van der Waals surface area contributed by atoms with E-state index in [0.717, 1.165) is 4.47 Å². The minimum atomic E-state index is -3.27. The van der Waals surface area contributed by atoms with Crippen LogP contribution in [0.4, 0.5) is 5.82 Å². The van der Waals surface area contributed by atoms with Crippen molar-refractivity contribution in [2.24, 2.45) is 11.8 Å². The summed E-state index contributed by atoms with van der Waals surface area (Å²) in [7, 11) is -3.27. The average Bonchev–Trinajstić information content (AvgIpc) is 2.69. The Bertz CT molecular complexity index is 822. The van der Waals surface area contributed by atoms with E-state index in [2.05, 4.69) is 26.2 Å². The molecule has 1 N–H and O–H groups in total. The largest absolute Gasteiger partial charge is 0.342 e. The lowest BCUT2D eigenvalue weighted by atomic mass is 9.93. The number of amides is 2. The minimum Gasteiger partial charge on any atom is -0.342 e. The summed E-state index contributed by atoms with van der Waals surface area (Å²) in [6.07, 6.45) is 5.40. The molecule has 1 aromatic rings. The molecule has 2 fully saturated rings. The zero-order chi connectivity index (χ0) is 20.3. The third kappa shape index (κ3) is 5.30. The number of piperidine rings is 2. The van der Waals surface area contributed by atoms with E-state index < -0.39 is 10.0 Å². The Hall–Kier alpha value is -1.52. The first-order valence-electron chi connectivity index (χ1n) is 9.40. The summed E-state index contributed by atoms with van der Waals surface area (Å²) in [5, 5.41) is 2.82. The molecule has 0 spiro atoms. The first kappa shape index (κ1) is 21.2. The van der Waals surface area contributed by atoms with Crippen LogP contribution < -0.4 is 5.32 Å². The molecule has 0 saturated carbocycles. The monoisotopic (exact) mass is 472 g/mol. The number of nitrogens with zero attached hydrogens (tertiary/aromatic N) is 3. The van der Waals surface area contributed by atoms with Crippen molar-refractivity contribution in [3.63, 3.8) is 0 Å². The van der Waals surface area contributed by atoms with Gasteiger partial charge in [0.1, 0.15) is 5.82 Å². The molecule has 28 heavy (non-hydrogen) atoms.